The molecule has 0 unspecified atom stereocenters. The molecule has 7 heavy (non-hydrogen) atoms. The first-order chi connectivity index (χ1) is 2.77. The van der Waals surface area contributed by atoms with Gasteiger partial charge in [0, 0.05) is 0 Å². The molecular formula is C6H14O. The van der Waals surface area contributed by atoms with E-state index >= 15 is 0 Å². The molecule has 0 aromatic heterocycles. The van der Waals surface area contributed by atoms with Gasteiger partial charge in [-0.15, -0.1) is 0 Å². The molecule has 0 amide bonds. The predicted octanol–water partition coefficient (Wildman–Crippen LogP) is 1.54. The normalized spacial score (nSPS) is 6.71. The number of hydrogen-bond acceptors (Lipinski definition) is 0. The fourth-order valence-corrected chi connectivity index (χ4v) is 0.408. The smallest absolute Gasteiger partial charge is 0.0377 e. The fourth-order valence-electron chi connectivity index (χ4n) is 0.408. The SMILES string of the molecule is CCC=C(C)C.O. The van der Waals surface area contributed by atoms with Crippen LogP contribution in [0.1, 0.15) is 27.2 Å². The summed E-state index contributed by atoms with van der Waals surface area (Å²) < 4.78 is 0. The molecule has 0 heterocycles. The van der Waals surface area contributed by atoms with Crippen molar-refractivity contribution in [2.24, 2.45) is 0 Å². The van der Waals surface area contributed by atoms with Gasteiger partial charge in [-0.05, 0) is 20.3 Å². The Kier molecular flexibility index (Phi) is 8.02. The minimum absolute atomic E-state index is 0. The Morgan fingerprint density at radius 3 is 1.86 bits per heavy atom. The second-order valence-electron chi connectivity index (χ2n) is 1.69. The van der Waals surface area contributed by atoms with Crippen molar-refractivity contribution in [3.05, 3.63) is 11.6 Å². The van der Waals surface area contributed by atoms with E-state index in [9.17, 15) is 0 Å². The highest BCUT2D eigenvalue weighted by Crippen LogP contribution is 1.88. The Hall–Kier alpha value is -0.300. The van der Waals surface area contributed by atoms with Gasteiger partial charge in [0.15, 0.2) is 0 Å². The van der Waals surface area contributed by atoms with Crippen molar-refractivity contribution in [3.8, 4) is 0 Å². The van der Waals surface area contributed by atoms with Crippen LogP contribution in [0.2, 0.25) is 0 Å². The number of allylic oxidation sites excluding steroid dienone is 2. The summed E-state index contributed by atoms with van der Waals surface area (Å²) in [7, 11) is 0. The van der Waals surface area contributed by atoms with Crippen molar-refractivity contribution in [1.82, 2.24) is 0 Å². The molecule has 2 N–H and O–H groups in total. The van der Waals surface area contributed by atoms with Crippen LogP contribution in [-0.2, 0) is 0 Å². The molecule has 0 aliphatic carbocycles. The Morgan fingerprint density at radius 1 is 1.43 bits per heavy atom. The zero-order valence-corrected chi connectivity index (χ0v) is 5.28. The molecule has 0 aliphatic heterocycles. The maximum Gasteiger partial charge on any atom is -0.0377 e. The summed E-state index contributed by atoms with van der Waals surface area (Å²) in [6.45, 7) is 6.38. The van der Waals surface area contributed by atoms with Gasteiger partial charge in [0.1, 0.15) is 0 Å². The van der Waals surface area contributed by atoms with E-state index in [0.29, 0.717) is 0 Å². The molecule has 1 nitrogen and oxygen atoms in total. The lowest BCUT2D eigenvalue weighted by molar-refractivity contribution is 0.824. The highest BCUT2D eigenvalue weighted by molar-refractivity contribution is 4.91. The van der Waals surface area contributed by atoms with Crippen molar-refractivity contribution in [3.63, 3.8) is 0 Å². The van der Waals surface area contributed by atoms with Crippen LogP contribution in [0.5, 0.6) is 0 Å². The van der Waals surface area contributed by atoms with Gasteiger partial charge in [-0.1, -0.05) is 18.6 Å². The van der Waals surface area contributed by atoms with Crippen LogP contribution >= 0.6 is 0 Å². The van der Waals surface area contributed by atoms with Gasteiger partial charge in [0.05, 0.1) is 0 Å². The first kappa shape index (κ1) is 9.85. The molecule has 0 rings (SSSR count). The largest absolute Gasteiger partial charge is 0.412 e. The molecule has 0 atom stereocenters. The minimum Gasteiger partial charge on any atom is -0.412 e. The predicted molar refractivity (Wildman–Crippen MR) is 33.3 cm³/mol. The Morgan fingerprint density at radius 2 is 1.86 bits per heavy atom. The van der Waals surface area contributed by atoms with E-state index < -0.39 is 0 Å². The van der Waals surface area contributed by atoms with Crippen molar-refractivity contribution < 1.29 is 5.48 Å². The van der Waals surface area contributed by atoms with Crippen LogP contribution in [0.15, 0.2) is 11.6 Å². The fraction of sp³-hybridized carbons (Fsp3) is 0.667. The lowest BCUT2D eigenvalue weighted by Crippen LogP contribution is -1.58. The first-order valence-electron chi connectivity index (χ1n) is 2.40. The monoisotopic (exact) mass is 102 g/mol. The Bertz CT molecular complexity index is 51.2. The quantitative estimate of drug-likeness (QED) is 0.450. The summed E-state index contributed by atoms with van der Waals surface area (Å²) >= 11 is 0. The van der Waals surface area contributed by atoms with E-state index in [-0.39, 0.29) is 5.48 Å². The molecule has 0 saturated carbocycles. The summed E-state index contributed by atoms with van der Waals surface area (Å²) in [6.07, 6.45) is 3.38. The lowest BCUT2D eigenvalue weighted by atomic mass is 10.3. The van der Waals surface area contributed by atoms with Gasteiger partial charge < -0.3 is 5.48 Å². The van der Waals surface area contributed by atoms with E-state index in [1.165, 1.54) is 12.0 Å². The van der Waals surface area contributed by atoms with Crippen molar-refractivity contribution in [2.75, 3.05) is 0 Å². The van der Waals surface area contributed by atoms with E-state index in [0.717, 1.165) is 0 Å². The van der Waals surface area contributed by atoms with Crippen LogP contribution < -0.4 is 0 Å². The highest BCUT2D eigenvalue weighted by atomic mass is 16.0. The summed E-state index contributed by atoms with van der Waals surface area (Å²) in [4.78, 5) is 0. The molecule has 0 radical (unpaired) electrons. The maximum atomic E-state index is 2.21. The standard InChI is InChI=1S/C6H12.H2O/c1-4-5-6(2)3;/h5H,4H2,1-3H3;1H2. The number of rotatable bonds is 1. The van der Waals surface area contributed by atoms with E-state index in [1.807, 2.05) is 0 Å². The molecule has 0 aliphatic rings. The van der Waals surface area contributed by atoms with E-state index in [2.05, 4.69) is 26.8 Å². The van der Waals surface area contributed by atoms with Crippen LogP contribution in [0.25, 0.3) is 0 Å². The van der Waals surface area contributed by atoms with Gasteiger partial charge in [-0.3, -0.25) is 0 Å². The zero-order chi connectivity index (χ0) is 4.99. The average Bonchev–Trinajstić information content (AvgIpc) is 1.35. The van der Waals surface area contributed by atoms with Crippen LogP contribution in [-0.4, -0.2) is 5.48 Å². The zero-order valence-electron chi connectivity index (χ0n) is 5.28. The summed E-state index contributed by atoms with van der Waals surface area (Å²) in [5.41, 5.74) is 1.41. The second kappa shape index (κ2) is 5.70. The van der Waals surface area contributed by atoms with Gasteiger partial charge in [-0.2, -0.15) is 0 Å². The van der Waals surface area contributed by atoms with Gasteiger partial charge in [-0.25, -0.2) is 0 Å². The van der Waals surface area contributed by atoms with Crippen LogP contribution in [0, 0.1) is 0 Å². The molecular weight excluding hydrogens is 88.1 g/mol. The molecule has 0 bridgehead atoms. The topological polar surface area (TPSA) is 31.5 Å². The highest BCUT2D eigenvalue weighted by Gasteiger charge is 1.67. The molecule has 0 aromatic carbocycles. The minimum atomic E-state index is 0. The second-order valence-corrected chi connectivity index (χ2v) is 1.69. The van der Waals surface area contributed by atoms with Crippen LogP contribution in [0.4, 0.5) is 0 Å². The summed E-state index contributed by atoms with van der Waals surface area (Å²) in [5.74, 6) is 0. The average molecular weight is 102 g/mol. The third-order valence-corrected chi connectivity index (χ3v) is 0.612. The summed E-state index contributed by atoms with van der Waals surface area (Å²) in [6, 6.07) is 0. The van der Waals surface area contributed by atoms with E-state index in [4.69, 9.17) is 0 Å². The van der Waals surface area contributed by atoms with Crippen molar-refractivity contribution >= 4 is 0 Å². The third kappa shape index (κ3) is 10.7. The first-order valence-corrected chi connectivity index (χ1v) is 2.40. The number of hydrogen-bond donors (Lipinski definition) is 0. The lowest BCUT2D eigenvalue weighted by Gasteiger charge is -1.80. The Balaban J connectivity index is 0. The molecule has 0 fully saturated rings. The molecule has 0 aromatic rings. The van der Waals surface area contributed by atoms with Gasteiger partial charge in [0.25, 0.3) is 0 Å². The maximum absolute atomic E-state index is 2.21. The van der Waals surface area contributed by atoms with Gasteiger partial charge in [0.2, 0.25) is 0 Å². The molecule has 0 spiro atoms. The van der Waals surface area contributed by atoms with Crippen molar-refractivity contribution in [1.29, 1.82) is 0 Å². The Labute approximate surface area is 45.4 Å². The molecule has 0 saturated heterocycles. The van der Waals surface area contributed by atoms with Crippen molar-refractivity contribution in [2.45, 2.75) is 27.2 Å². The molecule has 1 heteroatoms. The molecule has 44 valence electrons. The third-order valence-electron chi connectivity index (χ3n) is 0.612. The summed E-state index contributed by atoms with van der Waals surface area (Å²) in [5, 5.41) is 0. The van der Waals surface area contributed by atoms with E-state index in [1.54, 1.807) is 0 Å². The van der Waals surface area contributed by atoms with Gasteiger partial charge >= 0.3 is 0 Å². The van der Waals surface area contributed by atoms with Crippen LogP contribution in [0.3, 0.4) is 0 Å².